The molecule has 0 aliphatic carbocycles. The number of amides is 1. The van der Waals surface area contributed by atoms with Crippen LogP contribution in [-0.2, 0) is 15.8 Å². The minimum absolute atomic E-state index is 0.175. The zero-order valence-electron chi connectivity index (χ0n) is 19.1. The van der Waals surface area contributed by atoms with Gasteiger partial charge in [0.05, 0.1) is 30.5 Å². The monoisotopic (exact) mass is 489 g/mol. The van der Waals surface area contributed by atoms with E-state index in [0.29, 0.717) is 23.7 Å². The third-order valence-electron chi connectivity index (χ3n) is 4.64. The van der Waals surface area contributed by atoms with Gasteiger partial charge in [0.1, 0.15) is 0 Å². The molecule has 0 aliphatic rings. The molecule has 0 fully saturated rings. The molecule has 0 bridgehead atoms. The van der Waals surface area contributed by atoms with E-state index in [4.69, 9.17) is 14.3 Å². The van der Waals surface area contributed by atoms with Crippen molar-refractivity contribution in [1.82, 2.24) is 4.98 Å². The minimum atomic E-state index is -4.46. The van der Waals surface area contributed by atoms with Crippen LogP contribution >= 0.6 is 0 Å². The molecule has 1 heterocycles. The van der Waals surface area contributed by atoms with Gasteiger partial charge in [-0.3, -0.25) is 9.59 Å². The summed E-state index contributed by atoms with van der Waals surface area (Å²) in [5, 5.41) is 3.91. The summed E-state index contributed by atoms with van der Waals surface area (Å²) in [7, 11) is 1.45. The normalized spacial score (nSPS) is 10.9. The van der Waals surface area contributed by atoms with Gasteiger partial charge >= 0.3 is 12.1 Å². The van der Waals surface area contributed by atoms with Crippen LogP contribution < -0.4 is 19.9 Å². The lowest BCUT2D eigenvalue weighted by molar-refractivity contribution is -0.142. The van der Waals surface area contributed by atoms with Gasteiger partial charge in [-0.15, -0.1) is 0 Å². The van der Waals surface area contributed by atoms with Crippen LogP contribution in [0, 0.1) is 0 Å². The molecule has 1 amide bonds. The summed E-state index contributed by atoms with van der Waals surface area (Å²) in [6.07, 6.45) is -3.18. The maximum absolute atomic E-state index is 12.7. The van der Waals surface area contributed by atoms with E-state index < -0.39 is 23.6 Å². The maximum Gasteiger partial charge on any atom is 0.416 e. The van der Waals surface area contributed by atoms with Gasteiger partial charge < -0.3 is 19.6 Å². The maximum atomic E-state index is 12.7. The second-order valence-electron chi connectivity index (χ2n) is 7.13. The highest BCUT2D eigenvalue weighted by molar-refractivity contribution is 6.04. The number of ether oxygens (including phenoxy) is 2. The van der Waals surface area contributed by atoms with Gasteiger partial charge in [-0.25, -0.2) is 10.0 Å². The summed E-state index contributed by atoms with van der Waals surface area (Å²) >= 11 is 0. The summed E-state index contributed by atoms with van der Waals surface area (Å²) in [6, 6.07) is 12.0. The molecule has 0 atom stereocenters. The number of carbonyl (C=O) groups is 2. The second-order valence-corrected chi connectivity index (χ2v) is 7.13. The number of hydrogen-bond donors (Lipinski definition) is 1. The first-order valence-electron chi connectivity index (χ1n) is 10.4. The number of methoxy groups -OCH3 is 1. The Kier molecular flexibility index (Phi) is 7.80. The molecule has 11 heteroatoms. The van der Waals surface area contributed by atoms with Crippen molar-refractivity contribution in [3.63, 3.8) is 0 Å². The van der Waals surface area contributed by atoms with Crippen LogP contribution in [0.15, 0.2) is 60.8 Å². The van der Waals surface area contributed by atoms with Gasteiger partial charge in [-0.2, -0.15) is 13.2 Å². The van der Waals surface area contributed by atoms with Crippen LogP contribution in [0.25, 0.3) is 0 Å². The highest BCUT2D eigenvalue weighted by Gasteiger charge is 2.30. The fraction of sp³-hybridized carbons (Fsp3) is 0.208. The van der Waals surface area contributed by atoms with Crippen LogP contribution in [0.2, 0.25) is 0 Å². The van der Waals surface area contributed by atoms with Crippen molar-refractivity contribution < 1.29 is 37.1 Å². The molecule has 8 nitrogen and oxygen atoms in total. The van der Waals surface area contributed by atoms with Crippen LogP contribution in [0.4, 0.5) is 24.5 Å². The molecule has 0 saturated heterocycles. The third-order valence-corrected chi connectivity index (χ3v) is 4.64. The largest absolute Gasteiger partial charge is 0.493 e. The average molecular weight is 489 g/mol. The summed E-state index contributed by atoms with van der Waals surface area (Å²) < 4.78 is 49.1. The Balaban J connectivity index is 1.68. The number of halogens is 3. The van der Waals surface area contributed by atoms with E-state index in [2.05, 4.69) is 10.3 Å². The van der Waals surface area contributed by atoms with Gasteiger partial charge in [-0.1, -0.05) is 0 Å². The number of carbonyl (C=O) groups excluding carboxylic acids is 2. The predicted octanol–water partition coefficient (Wildman–Crippen LogP) is 5.46. The van der Waals surface area contributed by atoms with Crippen molar-refractivity contribution in [3.8, 4) is 17.4 Å². The number of pyridine rings is 1. The van der Waals surface area contributed by atoms with E-state index in [0.717, 1.165) is 12.1 Å². The van der Waals surface area contributed by atoms with Crippen molar-refractivity contribution in [1.29, 1.82) is 0 Å². The number of hydroxylamine groups is 1. The molecule has 0 spiro atoms. The topological polar surface area (TPSA) is 90.0 Å². The van der Waals surface area contributed by atoms with E-state index in [1.54, 1.807) is 18.2 Å². The molecule has 2 aromatic carbocycles. The Hall–Kier alpha value is -4.28. The number of rotatable bonds is 8. The van der Waals surface area contributed by atoms with Crippen LogP contribution in [0.1, 0.15) is 29.8 Å². The van der Waals surface area contributed by atoms with Gasteiger partial charge in [0.15, 0.2) is 11.5 Å². The van der Waals surface area contributed by atoms with Gasteiger partial charge in [0.25, 0.3) is 5.91 Å². The molecular formula is C24H22F3N3O5. The molecule has 35 heavy (non-hydrogen) atoms. The molecule has 3 aromatic rings. The number of nitrogens with one attached hydrogen (secondary N) is 1. The van der Waals surface area contributed by atoms with Crippen molar-refractivity contribution in [3.05, 3.63) is 71.9 Å². The molecule has 1 aromatic heterocycles. The lowest BCUT2D eigenvalue weighted by Crippen LogP contribution is -2.25. The molecule has 1 N–H and O–H groups in total. The Morgan fingerprint density at radius 2 is 1.74 bits per heavy atom. The molecule has 184 valence electrons. The first-order valence-corrected chi connectivity index (χ1v) is 10.4. The van der Waals surface area contributed by atoms with Crippen LogP contribution in [-0.4, -0.2) is 30.5 Å². The van der Waals surface area contributed by atoms with E-state index in [-0.39, 0.29) is 17.1 Å². The first kappa shape index (κ1) is 25.3. The van der Waals surface area contributed by atoms with Crippen molar-refractivity contribution in [2.45, 2.75) is 20.0 Å². The average Bonchev–Trinajstić information content (AvgIpc) is 2.83. The first-order chi connectivity index (χ1) is 16.6. The number of anilines is 2. The molecule has 3 rings (SSSR count). The standard InChI is InChI=1S/C24H22F3N3O5/c1-4-30(35-15(2)31)19-10-11-20(21(13-19)33-3)34-22-12-5-16(14-28-22)23(32)29-18-8-6-17(7-9-18)24(25,26)27/h5-14H,4H2,1-3H3,(H,29,32). The quantitative estimate of drug-likeness (QED) is 0.421. The van der Waals surface area contributed by atoms with Crippen molar-refractivity contribution in [2.24, 2.45) is 0 Å². The highest BCUT2D eigenvalue weighted by atomic mass is 19.4. The number of aromatic nitrogens is 1. The SMILES string of the molecule is CCN(OC(C)=O)c1ccc(Oc2ccc(C(=O)Nc3ccc(C(F)(F)F)cc3)cn2)c(OC)c1. The smallest absolute Gasteiger partial charge is 0.416 e. The Bertz CT molecular complexity index is 1180. The molecule has 0 aliphatic heterocycles. The zero-order chi connectivity index (χ0) is 25.6. The lowest BCUT2D eigenvalue weighted by Gasteiger charge is -2.21. The predicted molar refractivity (Wildman–Crippen MR) is 121 cm³/mol. The number of hydrogen-bond acceptors (Lipinski definition) is 7. The van der Waals surface area contributed by atoms with Gasteiger partial charge in [-0.05, 0) is 49.4 Å². The Labute approximate surface area is 199 Å². The Morgan fingerprint density at radius 1 is 1.03 bits per heavy atom. The Morgan fingerprint density at radius 3 is 2.29 bits per heavy atom. The number of alkyl halides is 3. The molecular weight excluding hydrogens is 467 g/mol. The van der Waals surface area contributed by atoms with Crippen LogP contribution in [0.3, 0.4) is 0 Å². The summed E-state index contributed by atoms with van der Waals surface area (Å²) in [4.78, 5) is 32.9. The number of benzene rings is 2. The van der Waals surface area contributed by atoms with E-state index in [1.807, 2.05) is 6.92 Å². The van der Waals surface area contributed by atoms with Crippen LogP contribution in [0.5, 0.6) is 17.4 Å². The molecule has 0 saturated carbocycles. The lowest BCUT2D eigenvalue weighted by atomic mass is 10.2. The summed E-state index contributed by atoms with van der Waals surface area (Å²) in [6.45, 7) is 3.54. The number of nitrogens with zero attached hydrogens (tertiary/aromatic N) is 2. The van der Waals surface area contributed by atoms with E-state index >= 15 is 0 Å². The molecule has 0 unspecified atom stereocenters. The van der Waals surface area contributed by atoms with E-state index in [1.165, 1.54) is 49.6 Å². The fourth-order valence-electron chi connectivity index (χ4n) is 2.98. The van der Waals surface area contributed by atoms with Crippen molar-refractivity contribution in [2.75, 3.05) is 24.0 Å². The molecule has 0 radical (unpaired) electrons. The minimum Gasteiger partial charge on any atom is -0.493 e. The fourth-order valence-corrected chi connectivity index (χ4v) is 2.98. The highest BCUT2D eigenvalue weighted by Crippen LogP contribution is 2.35. The third kappa shape index (κ3) is 6.62. The second kappa shape index (κ2) is 10.8. The van der Waals surface area contributed by atoms with Crippen molar-refractivity contribution >= 4 is 23.3 Å². The van der Waals surface area contributed by atoms with E-state index in [9.17, 15) is 22.8 Å². The van der Waals surface area contributed by atoms with Gasteiger partial charge in [0.2, 0.25) is 5.88 Å². The van der Waals surface area contributed by atoms with Gasteiger partial charge in [0, 0.05) is 30.9 Å². The summed E-state index contributed by atoms with van der Waals surface area (Å²) in [5.74, 6) is -0.133. The zero-order valence-corrected chi connectivity index (χ0v) is 19.1. The summed E-state index contributed by atoms with van der Waals surface area (Å²) in [5.41, 5.74) is 0.161.